The largest absolute Gasteiger partial charge is 0.534 e. The first-order valence-electron chi connectivity index (χ1n) is 9.35. The number of alkyl halides is 3. The lowest BCUT2D eigenvalue weighted by molar-refractivity contribution is -0.0522. The van der Waals surface area contributed by atoms with Crippen LogP contribution in [0.4, 0.5) is 13.2 Å². The quantitative estimate of drug-likeness (QED) is 0.187. The Balaban J connectivity index is 2.67. The molecule has 9 heteroatoms. The van der Waals surface area contributed by atoms with E-state index in [9.17, 15) is 21.6 Å². The highest BCUT2D eigenvalue weighted by atomic mass is 32.2. The normalized spacial score (nSPS) is 21.7. The van der Waals surface area contributed by atoms with E-state index in [0.717, 1.165) is 37.4 Å². The molecule has 1 atom stereocenters. The molecule has 26 heavy (non-hydrogen) atoms. The van der Waals surface area contributed by atoms with Crippen molar-refractivity contribution < 1.29 is 30.2 Å². The van der Waals surface area contributed by atoms with Crippen molar-refractivity contribution in [3.8, 4) is 0 Å². The van der Waals surface area contributed by atoms with Crippen LogP contribution in [0.5, 0.6) is 0 Å². The van der Waals surface area contributed by atoms with E-state index in [1.807, 2.05) is 6.92 Å². The van der Waals surface area contributed by atoms with Gasteiger partial charge in [-0.15, -0.1) is 0 Å². The molecule has 1 rings (SSSR count). The SMILES string of the molecule is CC[C@]1(CCCO[Si](CC)(CC)CC)C=C(OS(=O)(=O)C(F)(F)F)CC1. The maximum absolute atomic E-state index is 12.5. The van der Waals surface area contributed by atoms with Crippen LogP contribution in [0, 0.1) is 5.41 Å². The predicted molar refractivity (Wildman–Crippen MR) is 98.5 cm³/mol. The molecule has 0 fully saturated rings. The Hall–Kier alpha value is -0.543. The van der Waals surface area contributed by atoms with Crippen LogP contribution in [0.2, 0.25) is 18.1 Å². The Labute approximate surface area is 156 Å². The van der Waals surface area contributed by atoms with E-state index in [4.69, 9.17) is 4.43 Å². The molecule has 0 saturated carbocycles. The van der Waals surface area contributed by atoms with Crippen molar-refractivity contribution in [1.29, 1.82) is 0 Å². The van der Waals surface area contributed by atoms with Gasteiger partial charge in [0.1, 0.15) is 5.76 Å². The molecule has 1 aliphatic carbocycles. The lowest BCUT2D eigenvalue weighted by Gasteiger charge is -2.30. The fourth-order valence-corrected chi connectivity index (χ4v) is 6.73. The van der Waals surface area contributed by atoms with Gasteiger partial charge in [-0.05, 0) is 55.3 Å². The lowest BCUT2D eigenvalue weighted by atomic mass is 9.80. The van der Waals surface area contributed by atoms with E-state index < -0.39 is 23.9 Å². The molecular weight excluding hydrogens is 385 g/mol. The van der Waals surface area contributed by atoms with E-state index in [0.29, 0.717) is 13.0 Å². The van der Waals surface area contributed by atoms with Crippen molar-refractivity contribution in [2.45, 2.75) is 83.4 Å². The number of rotatable bonds is 11. The fourth-order valence-electron chi connectivity index (χ4n) is 3.53. The van der Waals surface area contributed by atoms with Crippen LogP contribution in [0.25, 0.3) is 0 Å². The molecule has 4 nitrogen and oxygen atoms in total. The average Bonchev–Trinajstić information content (AvgIpc) is 2.98. The third-order valence-electron chi connectivity index (χ3n) is 5.70. The molecule has 1 aliphatic rings. The van der Waals surface area contributed by atoms with Crippen LogP contribution in [0.1, 0.15) is 59.8 Å². The summed E-state index contributed by atoms with van der Waals surface area (Å²) in [6.45, 7) is 9.10. The first kappa shape index (κ1) is 23.5. The number of halogens is 3. The lowest BCUT2D eigenvalue weighted by Crippen LogP contribution is -2.36. The maximum atomic E-state index is 12.5. The maximum Gasteiger partial charge on any atom is 0.534 e. The second-order valence-electron chi connectivity index (χ2n) is 7.01. The Morgan fingerprint density at radius 2 is 1.73 bits per heavy atom. The smallest absolute Gasteiger partial charge is 0.417 e. The van der Waals surface area contributed by atoms with Crippen molar-refractivity contribution in [2.75, 3.05) is 6.61 Å². The molecule has 0 amide bonds. The molecule has 0 unspecified atom stereocenters. The Bertz CT molecular complexity index is 577. The van der Waals surface area contributed by atoms with Gasteiger partial charge in [-0.1, -0.05) is 27.7 Å². The molecule has 0 aromatic carbocycles. The van der Waals surface area contributed by atoms with Gasteiger partial charge in [-0.3, -0.25) is 0 Å². The topological polar surface area (TPSA) is 52.6 Å². The summed E-state index contributed by atoms with van der Waals surface area (Å²) in [5, 5.41) is 0. The molecule has 0 aromatic heterocycles. The fraction of sp³-hybridized carbons (Fsp3) is 0.882. The van der Waals surface area contributed by atoms with E-state index in [2.05, 4.69) is 25.0 Å². The molecule has 0 spiro atoms. The van der Waals surface area contributed by atoms with E-state index in [-0.39, 0.29) is 17.6 Å². The highest BCUT2D eigenvalue weighted by Gasteiger charge is 2.49. The minimum atomic E-state index is -5.58. The standard InChI is InChI=1S/C17H31F3O4SSi/c1-5-16(11-9-13-23-26(6-2,7-3)8-4)12-10-15(14-16)24-25(21,22)17(18,19)20/h14H,5-13H2,1-4H3/t16-/m1/s1. The van der Waals surface area contributed by atoms with Crippen LogP contribution in [0.15, 0.2) is 11.8 Å². The number of hydrogen-bond donors (Lipinski definition) is 0. The molecule has 0 aromatic rings. The van der Waals surface area contributed by atoms with Crippen molar-refractivity contribution in [2.24, 2.45) is 5.41 Å². The minimum absolute atomic E-state index is 0.0931. The van der Waals surface area contributed by atoms with Gasteiger partial charge in [-0.25, -0.2) is 0 Å². The van der Waals surface area contributed by atoms with Crippen molar-refractivity contribution in [3.63, 3.8) is 0 Å². The zero-order valence-corrected chi connectivity index (χ0v) is 17.9. The first-order valence-corrected chi connectivity index (χ1v) is 13.3. The zero-order valence-electron chi connectivity index (χ0n) is 16.1. The van der Waals surface area contributed by atoms with Gasteiger partial charge in [0.05, 0.1) is 0 Å². The Morgan fingerprint density at radius 1 is 1.15 bits per heavy atom. The summed E-state index contributed by atoms with van der Waals surface area (Å²) in [5.41, 5.74) is -5.71. The van der Waals surface area contributed by atoms with Crippen LogP contribution in [0.3, 0.4) is 0 Å². The Morgan fingerprint density at radius 3 is 2.19 bits per heavy atom. The molecule has 0 saturated heterocycles. The van der Waals surface area contributed by atoms with Crippen LogP contribution in [-0.4, -0.2) is 28.9 Å². The van der Waals surface area contributed by atoms with Crippen molar-refractivity contribution in [1.82, 2.24) is 0 Å². The number of hydrogen-bond acceptors (Lipinski definition) is 4. The highest BCUT2D eigenvalue weighted by molar-refractivity contribution is 7.87. The second-order valence-corrected chi connectivity index (χ2v) is 13.3. The summed E-state index contributed by atoms with van der Waals surface area (Å²) in [6.07, 6.45) is 4.68. The predicted octanol–water partition coefficient (Wildman–Crippen LogP) is 5.73. The summed E-state index contributed by atoms with van der Waals surface area (Å²) < 4.78 is 70.3. The molecule has 0 aliphatic heterocycles. The van der Waals surface area contributed by atoms with Gasteiger partial charge in [0.25, 0.3) is 0 Å². The third kappa shape index (κ3) is 5.72. The van der Waals surface area contributed by atoms with Gasteiger partial charge in [0.2, 0.25) is 0 Å². The summed E-state index contributed by atoms with van der Waals surface area (Å²) in [5.74, 6) is -0.0931. The van der Waals surface area contributed by atoms with Gasteiger partial charge in [0, 0.05) is 13.0 Å². The zero-order chi connectivity index (χ0) is 20.1. The minimum Gasteiger partial charge on any atom is -0.417 e. The van der Waals surface area contributed by atoms with Crippen LogP contribution >= 0.6 is 0 Å². The Kier molecular flexibility index (Phi) is 8.22. The number of allylic oxidation sites excluding steroid dienone is 2. The van der Waals surface area contributed by atoms with E-state index in [1.165, 1.54) is 0 Å². The van der Waals surface area contributed by atoms with Gasteiger partial charge >= 0.3 is 15.6 Å². The summed E-state index contributed by atoms with van der Waals surface area (Å²) in [4.78, 5) is 0. The monoisotopic (exact) mass is 416 g/mol. The van der Waals surface area contributed by atoms with Crippen molar-refractivity contribution >= 4 is 18.4 Å². The van der Waals surface area contributed by atoms with E-state index >= 15 is 0 Å². The molecule has 0 bridgehead atoms. The van der Waals surface area contributed by atoms with Gasteiger partial charge < -0.3 is 8.61 Å². The van der Waals surface area contributed by atoms with Gasteiger partial charge in [0.15, 0.2) is 8.32 Å². The van der Waals surface area contributed by atoms with Gasteiger partial charge in [-0.2, -0.15) is 21.6 Å². The van der Waals surface area contributed by atoms with Crippen LogP contribution < -0.4 is 0 Å². The molecule has 0 heterocycles. The average molecular weight is 417 g/mol. The van der Waals surface area contributed by atoms with Crippen LogP contribution in [-0.2, 0) is 18.7 Å². The second kappa shape index (κ2) is 9.10. The molecular formula is C17H31F3O4SSi. The summed E-state index contributed by atoms with van der Waals surface area (Å²) in [6, 6.07) is 3.23. The first-order chi connectivity index (χ1) is 12.0. The molecule has 154 valence electrons. The molecule has 0 N–H and O–H groups in total. The highest BCUT2D eigenvalue weighted by Crippen LogP contribution is 2.44. The summed E-state index contributed by atoms with van der Waals surface area (Å²) in [7, 11) is -7.22. The third-order valence-corrected chi connectivity index (χ3v) is 11.4. The van der Waals surface area contributed by atoms with E-state index in [1.54, 1.807) is 6.08 Å². The molecule has 0 radical (unpaired) electrons. The van der Waals surface area contributed by atoms with Crippen molar-refractivity contribution in [3.05, 3.63) is 11.8 Å². The summed E-state index contributed by atoms with van der Waals surface area (Å²) >= 11 is 0.